The molecule has 0 spiro atoms. The van der Waals surface area contributed by atoms with E-state index in [1.165, 1.54) is 0 Å². The third kappa shape index (κ3) is 2.26. The van der Waals surface area contributed by atoms with Gasteiger partial charge in [0.2, 0.25) is 0 Å². The zero-order valence-electron chi connectivity index (χ0n) is 9.99. The molecule has 1 atom stereocenters. The Morgan fingerprint density at radius 3 is 2.62 bits per heavy atom. The Labute approximate surface area is 96.0 Å². The number of aromatic amines is 1. The highest BCUT2D eigenvalue weighted by atomic mass is 16.5. The highest BCUT2D eigenvalue weighted by Crippen LogP contribution is 2.21. The molecule has 0 saturated carbocycles. The lowest BCUT2D eigenvalue weighted by Crippen LogP contribution is -2.42. The molecule has 16 heavy (non-hydrogen) atoms. The van der Waals surface area contributed by atoms with E-state index in [1.807, 2.05) is 6.92 Å². The van der Waals surface area contributed by atoms with E-state index >= 15 is 0 Å². The number of rotatable bonds is 3. The molecule has 0 amide bonds. The number of hydrogen-bond acceptors (Lipinski definition) is 4. The number of nitrogens with zero attached hydrogens (tertiary/aromatic N) is 2. The molecule has 0 aliphatic carbocycles. The summed E-state index contributed by atoms with van der Waals surface area (Å²) in [5.74, 6) is 0.958. The average Bonchev–Trinajstić information content (AvgIpc) is 2.61. The molecule has 5 heteroatoms. The van der Waals surface area contributed by atoms with Crippen molar-refractivity contribution in [3.8, 4) is 0 Å². The van der Waals surface area contributed by atoms with Gasteiger partial charge in [-0.15, -0.1) is 0 Å². The Kier molecular flexibility index (Phi) is 3.58. The van der Waals surface area contributed by atoms with Crippen LogP contribution in [0.15, 0.2) is 0 Å². The molecule has 1 aliphatic rings. The van der Waals surface area contributed by atoms with Crippen molar-refractivity contribution in [1.29, 1.82) is 0 Å². The third-order valence-electron chi connectivity index (χ3n) is 3.07. The second-order valence-electron chi connectivity index (χ2n) is 4.23. The van der Waals surface area contributed by atoms with Crippen LogP contribution in [0.4, 0.5) is 0 Å². The first-order valence-electron chi connectivity index (χ1n) is 5.77. The largest absolute Gasteiger partial charge is 0.379 e. The van der Waals surface area contributed by atoms with E-state index in [-0.39, 0.29) is 6.04 Å². The lowest BCUT2D eigenvalue weighted by Gasteiger charge is -2.33. The van der Waals surface area contributed by atoms with Crippen LogP contribution in [0.3, 0.4) is 0 Å². The summed E-state index contributed by atoms with van der Waals surface area (Å²) in [7, 11) is 0. The van der Waals surface area contributed by atoms with Crippen LogP contribution in [0, 0.1) is 13.8 Å². The fourth-order valence-electron chi connectivity index (χ4n) is 2.28. The molecule has 1 fully saturated rings. The van der Waals surface area contributed by atoms with Crippen LogP contribution < -0.4 is 5.73 Å². The van der Waals surface area contributed by atoms with Crippen molar-refractivity contribution in [3.63, 3.8) is 0 Å². The summed E-state index contributed by atoms with van der Waals surface area (Å²) in [6.07, 6.45) is 0. The van der Waals surface area contributed by atoms with Crippen molar-refractivity contribution in [2.45, 2.75) is 19.9 Å². The molecule has 2 heterocycles. The lowest BCUT2D eigenvalue weighted by molar-refractivity contribution is 0.0170. The fraction of sp³-hybridized carbons (Fsp3) is 0.727. The van der Waals surface area contributed by atoms with Gasteiger partial charge in [-0.3, -0.25) is 4.90 Å². The summed E-state index contributed by atoms with van der Waals surface area (Å²) in [4.78, 5) is 10.1. The molecular formula is C11H20N4O. The number of nitrogens with one attached hydrogen (secondary N) is 1. The van der Waals surface area contributed by atoms with E-state index in [4.69, 9.17) is 10.5 Å². The van der Waals surface area contributed by atoms with Crippen LogP contribution in [-0.2, 0) is 4.74 Å². The van der Waals surface area contributed by atoms with Gasteiger partial charge in [0.15, 0.2) is 0 Å². The van der Waals surface area contributed by atoms with Crippen molar-refractivity contribution in [3.05, 3.63) is 17.2 Å². The van der Waals surface area contributed by atoms with Crippen LogP contribution in [0.5, 0.6) is 0 Å². The standard InChI is InChI=1S/C11H20N4O/c1-8-11(14-9(2)13-8)10(7-12)15-3-5-16-6-4-15/h10H,3-7,12H2,1-2H3,(H,13,14). The quantitative estimate of drug-likeness (QED) is 0.778. The average molecular weight is 224 g/mol. The SMILES string of the molecule is Cc1nc(C(CN)N2CCOCC2)c(C)[nH]1. The van der Waals surface area contributed by atoms with Crippen molar-refractivity contribution >= 4 is 0 Å². The van der Waals surface area contributed by atoms with Crippen molar-refractivity contribution in [1.82, 2.24) is 14.9 Å². The minimum absolute atomic E-state index is 0.217. The maximum atomic E-state index is 5.88. The molecule has 1 saturated heterocycles. The van der Waals surface area contributed by atoms with Gasteiger partial charge >= 0.3 is 0 Å². The van der Waals surface area contributed by atoms with Gasteiger partial charge in [0, 0.05) is 25.3 Å². The van der Waals surface area contributed by atoms with Gasteiger partial charge in [0.1, 0.15) is 5.82 Å². The van der Waals surface area contributed by atoms with Crippen molar-refractivity contribution in [2.24, 2.45) is 5.73 Å². The number of H-pyrrole nitrogens is 1. The third-order valence-corrected chi connectivity index (χ3v) is 3.07. The Morgan fingerprint density at radius 2 is 2.12 bits per heavy atom. The molecule has 90 valence electrons. The summed E-state index contributed by atoms with van der Waals surface area (Å²) < 4.78 is 5.35. The highest BCUT2D eigenvalue weighted by Gasteiger charge is 2.24. The zero-order valence-corrected chi connectivity index (χ0v) is 9.99. The maximum Gasteiger partial charge on any atom is 0.103 e. The van der Waals surface area contributed by atoms with Crippen LogP contribution in [0.2, 0.25) is 0 Å². The van der Waals surface area contributed by atoms with E-state index in [0.717, 1.165) is 43.5 Å². The zero-order chi connectivity index (χ0) is 11.5. The normalized spacial score (nSPS) is 19.9. The molecule has 5 nitrogen and oxygen atoms in total. The van der Waals surface area contributed by atoms with Crippen LogP contribution in [-0.4, -0.2) is 47.7 Å². The van der Waals surface area contributed by atoms with E-state index in [0.29, 0.717) is 6.54 Å². The predicted molar refractivity (Wildman–Crippen MR) is 62.2 cm³/mol. The van der Waals surface area contributed by atoms with E-state index in [2.05, 4.69) is 21.8 Å². The second kappa shape index (κ2) is 4.95. The molecule has 2 rings (SSSR count). The topological polar surface area (TPSA) is 67.2 Å². The lowest BCUT2D eigenvalue weighted by atomic mass is 10.1. The molecule has 1 aromatic rings. The summed E-state index contributed by atoms with van der Waals surface area (Å²) in [5.41, 5.74) is 8.09. The Hall–Kier alpha value is -0.910. The molecule has 1 aromatic heterocycles. The van der Waals surface area contributed by atoms with Crippen LogP contribution >= 0.6 is 0 Å². The van der Waals surface area contributed by atoms with Gasteiger partial charge in [0.25, 0.3) is 0 Å². The summed E-state index contributed by atoms with van der Waals surface area (Å²) >= 11 is 0. The molecule has 1 unspecified atom stereocenters. The van der Waals surface area contributed by atoms with Gasteiger partial charge in [-0.2, -0.15) is 0 Å². The predicted octanol–water partition coefficient (Wildman–Crippen LogP) is 0.359. The number of ether oxygens (including phenoxy) is 1. The maximum absolute atomic E-state index is 5.88. The fourth-order valence-corrected chi connectivity index (χ4v) is 2.28. The monoisotopic (exact) mass is 224 g/mol. The van der Waals surface area contributed by atoms with E-state index in [9.17, 15) is 0 Å². The first kappa shape index (κ1) is 11.6. The van der Waals surface area contributed by atoms with Crippen molar-refractivity contribution < 1.29 is 4.74 Å². The van der Waals surface area contributed by atoms with Gasteiger partial charge in [-0.25, -0.2) is 4.98 Å². The van der Waals surface area contributed by atoms with Crippen LogP contribution in [0.1, 0.15) is 23.3 Å². The highest BCUT2D eigenvalue weighted by molar-refractivity contribution is 5.17. The number of nitrogens with two attached hydrogens (primary N) is 1. The number of morpholine rings is 1. The summed E-state index contributed by atoms with van der Waals surface area (Å²) in [6, 6.07) is 0.217. The molecular weight excluding hydrogens is 204 g/mol. The number of aromatic nitrogens is 2. The number of hydrogen-bond donors (Lipinski definition) is 2. The summed E-state index contributed by atoms with van der Waals surface area (Å²) in [5, 5.41) is 0. The molecule has 3 N–H and O–H groups in total. The van der Waals surface area contributed by atoms with Crippen molar-refractivity contribution in [2.75, 3.05) is 32.8 Å². The molecule has 1 aliphatic heterocycles. The van der Waals surface area contributed by atoms with Gasteiger partial charge < -0.3 is 15.5 Å². The second-order valence-corrected chi connectivity index (χ2v) is 4.23. The van der Waals surface area contributed by atoms with Crippen LogP contribution in [0.25, 0.3) is 0 Å². The minimum Gasteiger partial charge on any atom is -0.379 e. The minimum atomic E-state index is 0.217. The first-order chi connectivity index (χ1) is 7.72. The molecule has 0 aromatic carbocycles. The Morgan fingerprint density at radius 1 is 1.44 bits per heavy atom. The number of aryl methyl sites for hydroxylation is 2. The smallest absolute Gasteiger partial charge is 0.103 e. The first-order valence-corrected chi connectivity index (χ1v) is 5.77. The Balaban J connectivity index is 2.17. The van der Waals surface area contributed by atoms with Gasteiger partial charge in [-0.1, -0.05) is 0 Å². The van der Waals surface area contributed by atoms with Gasteiger partial charge in [-0.05, 0) is 13.8 Å². The van der Waals surface area contributed by atoms with E-state index in [1.54, 1.807) is 0 Å². The number of imidazole rings is 1. The summed E-state index contributed by atoms with van der Waals surface area (Å²) in [6.45, 7) is 8.09. The Bertz CT molecular complexity index is 344. The molecule has 0 radical (unpaired) electrons. The van der Waals surface area contributed by atoms with E-state index < -0.39 is 0 Å². The van der Waals surface area contributed by atoms with Gasteiger partial charge in [0.05, 0.1) is 24.9 Å². The molecule has 0 bridgehead atoms.